The van der Waals surface area contributed by atoms with Gasteiger partial charge in [-0.2, -0.15) is 0 Å². The van der Waals surface area contributed by atoms with Crippen molar-refractivity contribution in [2.75, 3.05) is 0 Å². The summed E-state index contributed by atoms with van der Waals surface area (Å²) in [5.41, 5.74) is 5.93. The molecule has 0 aromatic carbocycles. The molecule has 1 heterocycles. The van der Waals surface area contributed by atoms with E-state index in [1.807, 2.05) is 11.6 Å². The maximum absolute atomic E-state index is 9.00. The molecule has 0 unspecified atom stereocenters. The quantitative estimate of drug-likeness (QED) is 0.830. The van der Waals surface area contributed by atoms with Gasteiger partial charge in [0, 0.05) is 18.5 Å². The second-order valence-electron chi connectivity index (χ2n) is 3.67. The van der Waals surface area contributed by atoms with Crippen molar-refractivity contribution in [3.8, 4) is 0 Å². The molecule has 1 saturated carbocycles. The van der Waals surface area contributed by atoms with Crippen molar-refractivity contribution >= 4 is 17.3 Å². The minimum absolute atomic E-state index is 0.197. The Balaban J connectivity index is 0.000000245. The highest BCUT2D eigenvalue weighted by Crippen LogP contribution is 2.36. The molecule has 0 bridgehead atoms. The van der Waals surface area contributed by atoms with E-state index in [1.165, 1.54) is 12.8 Å². The molecule has 84 valence electrons. The molecule has 0 radical (unpaired) electrons. The largest absolute Gasteiger partial charge is 0.481 e. The minimum atomic E-state index is -0.833. The number of rotatable bonds is 3. The molecule has 1 aromatic rings. The molecule has 5 heteroatoms. The van der Waals surface area contributed by atoms with Gasteiger partial charge in [-0.05, 0) is 12.3 Å². The van der Waals surface area contributed by atoms with Gasteiger partial charge in [0.05, 0.1) is 6.04 Å². The first-order chi connectivity index (χ1) is 7.09. The van der Waals surface area contributed by atoms with Gasteiger partial charge in [0.2, 0.25) is 0 Å². The number of nitrogens with zero attached hydrogens (tertiary/aromatic N) is 1. The number of carboxylic acid groups (broad SMARTS) is 1. The monoisotopic (exact) mass is 228 g/mol. The van der Waals surface area contributed by atoms with Crippen LogP contribution in [-0.4, -0.2) is 16.1 Å². The van der Waals surface area contributed by atoms with Gasteiger partial charge in [-0.25, -0.2) is 4.98 Å². The Kier molecular flexibility index (Phi) is 4.71. The molecular weight excluding hydrogens is 212 g/mol. The molecule has 1 atom stereocenters. The van der Waals surface area contributed by atoms with Crippen LogP contribution in [0.2, 0.25) is 0 Å². The van der Waals surface area contributed by atoms with E-state index >= 15 is 0 Å². The Bertz CT molecular complexity index is 292. The highest BCUT2D eigenvalue weighted by atomic mass is 32.1. The molecule has 1 aliphatic rings. The normalized spacial score (nSPS) is 16.4. The van der Waals surface area contributed by atoms with Crippen LogP contribution in [0.15, 0.2) is 11.6 Å². The summed E-state index contributed by atoms with van der Waals surface area (Å²) in [6.07, 6.45) is 5.71. The van der Waals surface area contributed by atoms with Crippen LogP contribution in [0.25, 0.3) is 0 Å². The van der Waals surface area contributed by atoms with Gasteiger partial charge >= 0.3 is 0 Å². The second kappa shape index (κ2) is 5.82. The average molecular weight is 228 g/mol. The van der Waals surface area contributed by atoms with E-state index in [1.54, 1.807) is 11.3 Å². The summed E-state index contributed by atoms with van der Waals surface area (Å²) < 4.78 is 0. The number of nitrogens with two attached hydrogens (primary N) is 1. The van der Waals surface area contributed by atoms with Crippen molar-refractivity contribution in [2.45, 2.75) is 32.2 Å². The lowest BCUT2D eigenvalue weighted by atomic mass is 10.1. The lowest BCUT2D eigenvalue weighted by molar-refractivity contribution is -0.134. The Labute approximate surface area is 93.1 Å². The maximum Gasteiger partial charge on any atom is 0.300 e. The van der Waals surface area contributed by atoms with Crippen molar-refractivity contribution in [3.63, 3.8) is 0 Å². The highest BCUT2D eigenvalue weighted by Gasteiger charge is 2.25. The zero-order valence-electron chi connectivity index (χ0n) is 8.72. The summed E-state index contributed by atoms with van der Waals surface area (Å²) in [5, 5.41) is 10.5. The van der Waals surface area contributed by atoms with Crippen molar-refractivity contribution in [1.82, 2.24) is 4.98 Å². The Hall–Kier alpha value is -0.940. The van der Waals surface area contributed by atoms with Crippen molar-refractivity contribution in [3.05, 3.63) is 16.6 Å². The number of carbonyl (C=O) groups is 1. The summed E-state index contributed by atoms with van der Waals surface area (Å²) >= 11 is 1.66. The first-order valence-corrected chi connectivity index (χ1v) is 5.82. The lowest BCUT2D eigenvalue weighted by Gasteiger charge is -2.05. The van der Waals surface area contributed by atoms with Crippen LogP contribution in [0.1, 0.15) is 37.2 Å². The number of carboxylic acids is 1. The summed E-state index contributed by atoms with van der Waals surface area (Å²) in [6.45, 7) is 1.08. The smallest absolute Gasteiger partial charge is 0.300 e. The number of thiazole rings is 1. The highest BCUT2D eigenvalue weighted by molar-refractivity contribution is 7.09. The first kappa shape index (κ1) is 12.1. The van der Waals surface area contributed by atoms with Gasteiger partial charge in [-0.3, -0.25) is 4.79 Å². The number of hydrogen-bond donors (Lipinski definition) is 2. The lowest BCUT2D eigenvalue weighted by Crippen LogP contribution is -2.10. The van der Waals surface area contributed by atoms with E-state index in [0.29, 0.717) is 0 Å². The van der Waals surface area contributed by atoms with Crippen LogP contribution in [0, 0.1) is 5.92 Å². The van der Waals surface area contributed by atoms with Gasteiger partial charge in [0.15, 0.2) is 0 Å². The fourth-order valence-electron chi connectivity index (χ4n) is 1.23. The SMILES string of the molecule is CC(=O)O.N[C@@H](CC1CC1)c1nccs1. The molecule has 1 aromatic heterocycles. The van der Waals surface area contributed by atoms with Crippen molar-refractivity contribution in [1.29, 1.82) is 0 Å². The Morgan fingerprint density at radius 1 is 1.80 bits per heavy atom. The predicted octanol–water partition coefficient (Wildman–Crippen LogP) is 2.03. The van der Waals surface area contributed by atoms with E-state index < -0.39 is 5.97 Å². The fraction of sp³-hybridized carbons (Fsp3) is 0.600. The topological polar surface area (TPSA) is 76.2 Å². The summed E-state index contributed by atoms with van der Waals surface area (Å²) in [4.78, 5) is 13.2. The molecule has 4 nitrogen and oxygen atoms in total. The molecule has 0 amide bonds. The second-order valence-corrected chi connectivity index (χ2v) is 4.60. The molecule has 0 aliphatic heterocycles. The van der Waals surface area contributed by atoms with Crippen LogP contribution in [0.5, 0.6) is 0 Å². The predicted molar refractivity (Wildman–Crippen MR) is 59.7 cm³/mol. The Morgan fingerprint density at radius 2 is 2.40 bits per heavy atom. The zero-order chi connectivity index (χ0) is 11.3. The fourth-order valence-corrected chi connectivity index (χ4v) is 1.88. The van der Waals surface area contributed by atoms with E-state index in [-0.39, 0.29) is 6.04 Å². The van der Waals surface area contributed by atoms with Crippen LogP contribution >= 0.6 is 11.3 Å². The molecule has 15 heavy (non-hydrogen) atoms. The van der Waals surface area contributed by atoms with E-state index in [9.17, 15) is 0 Å². The zero-order valence-corrected chi connectivity index (χ0v) is 9.54. The number of aliphatic carboxylic acids is 1. The average Bonchev–Trinajstić information content (AvgIpc) is 2.80. The summed E-state index contributed by atoms with van der Waals surface area (Å²) in [5.74, 6) is 0.0638. The third-order valence-corrected chi connectivity index (χ3v) is 2.96. The van der Waals surface area contributed by atoms with Gasteiger partial charge in [0.1, 0.15) is 5.01 Å². The number of hydrogen-bond acceptors (Lipinski definition) is 4. The molecule has 2 rings (SSSR count). The van der Waals surface area contributed by atoms with Gasteiger partial charge in [-0.15, -0.1) is 11.3 Å². The molecule has 0 saturated heterocycles. The van der Waals surface area contributed by atoms with Crippen molar-refractivity contribution < 1.29 is 9.90 Å². The third kappa shape index (κ3) is 5.49. The van der Waals surface area contributed by atoms with Gasteiger partial charge in [-0.1, -0.05) is 12.8 Å². The minimum Gasteiger partial charge on any atom is -0.481 e. The van der Waals surface area contributed by atoms with Crippen LogP contribution < -0.4 is 5.73 Å². The van der Waals surface area contributed by atoms with E-state index in [4.69, 9.17) is 15.6 Å². The molecular formula is C10H16N2O2S. The summed E-state index contributed by atoms with van der Waals surface area (Å²) in [7, 11) is 0. The van der Waals surface area contributed by atoms with Crippen LogP contribution in [-0.2, 0) is 4.79 Å². The standard InChI is InChI=1S/C8H12N2S.C2H4O2/c9-7(5-6-1-2-6)8-10-3-4-11-8;1-2(3)4/h3-4,6-7H,1-2,5,9H2;1H3,(H,3,4)/t7-;/m0./s1. The molecule has 1 aliphatic carbocycles. The van der Waals surface area contributed by atoms with Gasteiger partial charge in [0.25, 0.3) is 5.97 Å². The molecule has 0 spiro atoms. The molecule has 3 N–H and O–H groups in total. The summed E-state index contributed by atoms with van der Waals surface area (Å²) in [6, 6.07) is 0.197. The van der Waals surface area contributed by atoms with Gasteiger partial charge < -0.3 is 10.8 Å². The molecule has 1 fully saturated rings. The first-order valence-electron chi connectivity index (χ1n) is 4.94. The maximum atomic E-state index is 9.00. The van der Waals surface area contributed by atoms with Crippen LogP contribution in [0.4, 0.5) is 0 Å². The van der Waals surface area contributed by atoms with E-state index in [0.717, 1.165) is 24.3 Å². The van der Waals surface area contributed by atoms with E-state index in [2.05, 4.69) is 4.98 Å². The third-order valence-electron chi connectivity index (χ3n) is 2.05. The van der Waals surface area contributed by atoms with Crippen molar-refractivity contribution in [2.24, 2.45) is 11.7 Å². The Morgan fingerprint density at radius 3 is 2.80 bits per heavy atom. The van der Waals surface area contributed by atoms with Crippen LogP contribution in [0.3, 0.4) is 0 Å². The number of aromatic nitrogens is 1.